The molecule has 0 aliphatic carbocycles. The Kier molecular flexibility index (Phi) is 5.86. The molecule has 7 nitrogen and oxygen atoms in total. The first-order valence-electron chi connectivity index (χ1n) is 9.31. The number of carbonyl (C=O) groups excluding carboxylic acids is 2. The van der Waals surface area contributed by atoms with Gasteiger partial charge in [-0.3, -0.25) is 4.79 Å². The zero-order valence-corrected chi connectivity index (χ0v) is 17.2. The van der Waals surface area contributed by atoms with Crippen LogP contribution in [0.4, 0.5) is 0 Å². The van der Waals surface area contributed by atoms with E-state index in [9.17, 15) is 9.59 Å². The highest BCUT2D eigenvalue weighted by Gasteiger charge is 2.18. The SMILES string of the molecule is Cc1ccc(C(=O)N/N=C/c2cc(Cl)ccc2OC(=O)c2ccc3c(c2)OCO3)cc1. The Hall–Kier alpha value is -3.84. The van der Waals surface area contributed by atoms with Gasteiger partial charge in [-0.25, -0.2) is 10.2 Å². The second kappa shape index (κ2) is 8.89. The molecule has 0 saturated carbocycles. The Morgan fingerprint density at radius 1 is 1.00 bits per heavy atom. The van der Waals surface area contributed by atoms with Gasteiger partial charge in [-0.15, -0.1) is 0 Å². The van der Waals surface area contributed by atoms with Crippen molar-refractivity contribution in [1.82, 2.24) is 5.43 Å². The molecule has 0 fully saturated rings. The third kappa shape index (κ3) is 4.84. The maximum atomic E-state index is 12.6. The summed E-state index contributed by atoms with van der Waals surface area (Å²) in [5.74, 6) is 0.336. The molecule has 0 radical (unpaired) electrons. The Balaban J connectivity index is 1.48. The van der Waals surface area contributed by atoms with E-state index in [0.29, 0.717) is 33.2 Å². The average molecular weight is 437 g/mol. The van der Waals surface area contributed by atoms with E-state index in [-0.39, 0.29) is 18.4 Å². The number of aryl methyl sites for hydroxylation is 1. The van der Waals surface area contributed by atoms with Crippen molar-refractivity contribution in [2.45, 2.75) is 6.92 Å². The van der Waals surface area contributed by atoms with Crippen molar-refractivity contribution in [3.05, 3.63) is 87.9 Å². The van der Waals surface area contributed by atoms with Gasteiger partial charge in [-0.05, 0) is 55.5 Å². The van der Waals surface area contributed by atoms with Gasteiger partial charge in [0.2, 0.25) is 6.79 Å². The summed E-state index contributed by atoms with van der Waals surface area (Å²) in [4.78, 5) is 24.8. The van der Waals surface area contributed by atoms with Crippen LogP contribution in [0.3, 0.4) is 0 Å². The molecule has 3 aromatic carbocycles. The summed E-state index contributed by atoms with van der Waals surface area (Å²) in [6.45, 7) is 2.05. The lowest BCUT2D eigenvalue weighted by molar-refractivity contribution is 0.0733. The van der Waals surface area contributed by atoms with Crippen LogP contribution in [0.5, 0.6) is 17.2 Å². The van der Waals surface area contributed by atoms with Gasteiger partial charge in [-0.1, -0.05) is 29.3 Å². The van der Waals surface area contributed by atoms with Crippen LogP contribution in [0.15, 0.2) is 65.8 Å². The lowest BCUT2D eigenvalue weighted by Crippen LogP contribution is -2.17. The maximum absolute atomic E-state index is 12.6. The molecule has 0 spiro atoms. The molecule has 1 N–H and O–H groups in total. The summed E-state index contributed by atoms with van der Waals surface area (Å²) >= 11 is 6.07. The number of hydrogen-bond acceptors (Lipinski definition) is 6. The maximum Gasteiger partial charge on any atom is 0.343 e. The molecule has 1 heterocycles. The topological polar surface area (TPSA) is 86.2 Å². The minimum atomic E-state index is -0.584. The second-order valence-electron chi connectivity index (χ2n) is 6.70. The monoisotopic (exact) mass is 436 g/mol. The van der Waals surface area contributed by atoms with Crippen molar-refractivity contribution >= 4 is 29.7 Å². The van der Waals surface area contributed by atoms with Crippen LogP contribution < -0.4 is 19.6 Å². The number of halogens is 1. The van der Waals surface area contributed by atoms with E-state index in [0.717, 1.165) is 5.56 Å². The van der Waals surface area contributed by atoms with Gasteiger partial charge in [0.15, 0.2) is 11.5 Å². The van der Waals surface area contributed by atoms with Crippen molar-refractivity contribution in [2.75, 3.05) is 6.79 Å². The van der Waals surface area contributed by atoms with E-state index in [1.54, 1.807) is 48.5 Å². The summed E-state index contributed by atoms with van der Waals surface area (Å²) in [6, 6.07) is 16.6. The van der Waals surface area contributed by atoms with Crippen LogP contribution >= 0.6 is 11.6 Å². The molecule has 8 heteroatoms. The van der Waals surface area contributed by atoms with Gasteiger partial charge in [0.25, 0.3) is 5.91 Å². The number of esters is 1. The van der Waals surface area contributed by atoms with Crippen LogP contribution in [-0.4, -0.2) is 24.9 Å². The summed E-state index contributed by atoms with van der Waals surface area (Å²) in [5, 5.41) is 4.38. The van der Waals surface area contributed by atoms with Gasteiger partial charge in [0.1, 0.15) is 5.75 Å². The molecule has 1 amide bonds. The zero-order chi connectivity index (χ0) is 21.8. The Morgan fingerprint density at radius 3 is 2.55 bits per heavy atom. The normalized spacial score (nSPS) is 12.1. The average Bonchev–Trinajstić information content (AvgIpc) is 3.24. The van der Waals surface area contributed by atoms with Gasteiger partial charge >= 0.3 is 5.97 Å². The van der Waals surface area contributed by atoms with Crippen LogP contribution in [0.1, 0.15) is 31.8 Å². The molecular formula is C23H17ClN2O5. The predicted molar refractivity (Wildman–Crippen MR) is 115 cm³/mol. The van der Waals surface area contributed by atoms with E-state index in [1.165, 1.54) is 6.21 Å². The summed E-state index contributed by atoms with van der Waals surface area (Å²) in [6.07, 6.45) is 1.36. The first-order chi connectivity index (χ1) is 15.0. The molecule has 0 saturated heterocycles. The number of hydrazone groups is 1. The highest BCUT2D eigenvalue weighted by molar-refractivity contribution is 6.31. The number of ether oxygens (including phenoxy) is 3. The van der Waals surface area contributed by atoms with Gasteiger partial charge in [0, 0.05) is 16.1 Å². The molecule has 1 aliphatic rings. The summed E-state index contributed by atoms with van der Waals surface area (Å²) in [7, 11) is 0. The fraction of sp³-hybridized carbons (Fsp3) is 0.0870. The highest BCUT2D eigenvalue weighted by Crippen LogP contribution is 2.33. The number of hydrogen-bond donors (Lipinski definition) is 1. The molecule has 3 aromatic rings. The lowest BCUT2D eigenvalue weighted by atomic mass is 10.1. The minimum absolute atomic E-state index is 0.111. The van der Waals surface area contributed by atoms with Crippen LogP contribution in [-0.2, 0) is 0 Å². The van der Waals surface area contributed by atoms with E-state index >= 15 is 0 Å². The minimum Gasteiger partial charge on any atom is -0.454 e. The number of amides is 1. The zero-order valence-electron chi connectivity index (χ0n) is 16.4. The van der Waals surface area contributed by atoms with Crippen molar-refractivity contribution in [1.29, 1.82) is 0 Å². The first kappa shape index (κ1) is 20.4. The molecule has 0 bridgehead atoms. The molecule has 31 heavy (non-hydrogen) atoms. The van der Waals surface area contributed by atoms with Crippen molar-refractivity contribution in [3.63, 3.8) is 0 Å². The lowest BCUT2D eigenvalue weighted by Gasteiger charge is -2.08. The first-order valence-corrected chi connectivity index (χ1v) is 9.69. The molecule has 4 rings (SSSR count). The predicted octanol–water partition coefficient (Wildman–Crippen LogP) is 4.36. The van der Waals surface area contributed by atoms with Crippen molar-refractivity contribution in [3.8, 4) is 17.2 Å². The number of fused-ring (bicyclic) bond motifs is 1. The van der Waals surface area contributed by atoms with E-state index in [1.807, 2.05) is 19.1 Å². The van der Waals surface area contributed by atoms with Crippen LogP contribution in [0.2, 0.25) is 5.02 Å². The van der Waals surface area contributed by atoms with Gasteiger partial charge < -0.3 is 14.2 Å². The second-order valence-corrected chi connectivity index (χ2v) is 7.14. The number of nitrogens with one attached hydrogen (secondary N) is 1. The fourth-order valence-corrected chi connectivity index (χ4v) is 3.01. The van der Waals surface area contributed by atoms with Gasteiger partial charge in [-0.2, -0.15) is 5.10 Å². The molecule has 1 aliphatic heterocycles. The van der Waals surface area contributed by atoms with Crippen molar-refractivity contribution in [2.24, 2.45) is 5.10 Å². The highest BCUT2D eigenvalue weighted by atomic mass is 35.5. The summed E-state index contributed by atoms with van der Waals surface area (Å²) < 4.78 is 16.0. The van der Waals surface area contributed by atoms with E-state index in [4.69, 9.17) is 25.8 Å². The Morgan fingerprint density at radius 2 is 1.74 bits per heavy atom. The molecular weight excluding hydrogens is 420 g/mol. The Bertz CT molecular complexity index is 1180. The molecule has 0 aromatic heterocycles. The van der Waals surface area contributed by atoms with E-state index < -0.39 is 5.97 Å². The third-order valence-electron chi connectivity index (χ3n) is 4.47. The Labute approximate surface area is 183 Å². The van der Waals surface area contributed by atoms with Crippen molar-refractivity contribution < 1.29 is 23.8 Å². The number of rotatable bonds is 5. The standard InChI is InChI=1S/C23H17ClN2O5/c1-14-2-4-15(5-3-14)22(27)26-25-12-17-10-18(24)7-9-19(17)31-23(28)16-6-8-20-21(11-16)30-13-29-20/h2-12H,13H2,1H3,(H,26,27)/b25-12+. The fourth-order valence-electron chi connectivity index (χ4n) is 2.83. The third-order valence-corrected chi connectivity index (χ3v) is 4.70. The molecule has 0 atom stereocenters. The van der Waals surface area contributed by atoms with Crippen LogP contribution in [0.25, 0.3) is 0 Å². The molecule has 0 unspecified atom stereocenters. The smallest absolute Gasteiger partial charge is 0.343 e. The summed E-state index contributed by atoms with van der Waals surface area (Å²) in [5.41, 5.74) is 4.69. The number of nitrogens with zero attached hydrogens (tertiary/aromatic N) is 1. The van der Waals surface area contributed by atoms with Crippen LogP contribution in [0, 0.1) is 6.92 Å². The number of benzene rings is 3. The molecule has 156 valence electrons. The van der Waals surface area contributed by atoms with Gasteiger partial charge in [0.05, 0.1) is 11.8 Å². The van der Waals surface area contributed by atoms with E-state index in [2.05, 4.69) is 10.5 Å². The quantitative estimate of drug-likeness (QED) is 0.278. The largest absolute Gasteiger partial charge is 0.454 e. The number of carbonyl (C=O) groups is 2.